The van der Waals surface area contributed by atoms with E-state index in [4.69, 9.17) is 22.1 Å². The van der Waals surface area contributed by atoms with Crippen molar-refractivity contribution in [1.29, 1.82) is 0 Å². The van der Waals surface area contributed by atoms with E-state index < -0.39 is 5.72 Å². The number of hydroxylamine groups is 2. The number of allylic oxidation sites excluding steroid dienone is 2. The Morgan fingerprint density at radius 1 is 1.21 bits per heavy atom. The van der Waals surface area contributed by atoms with Gasteiger partial charge in [0.2, 0.25) is 11.7 Å². The summed E-state index contributed by atoms with van der Waals surface area (Å²) in [6.07, 6.45) is 6.28. The lowest BCUT2D eigenvalue weighted by atomic mass is 9.68. The van der Waals surface area contributed by atoms with Crippen molar-refractivity contribution in [2.45, 2.75) is 38.3 Å². The third kappa shape index (κ3) is 2.53. The number of nitrogens with zero attached hydrogens (tertiary/aromatic N) is 3. The van der Waals surface area contributed by atoms with Crippen molar-refractivity contribution in [1.82, 2.24) is 5.06 Å². The molecule has 0 saturated heterocycles. The highest BCUT2D eigenvalue weighted by Gasteiger charge is 2.62. The number of nitrogens with two attached hydrogens (primary N) is 1. The molecule has 2 atom stereocenters. The molecule has 2 N–H and O–H groups in total. The van der Waals surface area contributed by atoms with Crippen LogP contribution < -0.4 is 5.73 Å². The maximum Gasteiger partial charge on any atom is 0.221 e. The van der Waals surface area contributed by atoms with Gasteiger partial charge in [-0.1, -0.05) is 42.0 Å². The van der Waals surface area contributed by atoms with Gasteiger partial charge in [-0.25, -0.2) is 19.7 Å². The second-order valence-electron chi connectivity index (χ2n) is 8.45. The number of aliphatic imine (C=N–C) groups is 1. The van der Waals surface area contributed by atoms with E-state index in [2.05, 4.69) is 36.0 Å². The lowest BCUT2D eigenvalue weighted by molar-refractivity contribution is -0.223. The van der Waals surface area contributed by atoms with Crippen LogP contribution in [0.15, 0.2) is 59.1 Å². The van der Waals surface area contributed by atoms with Crippen LogP contribution in [-0.4, -0.2) is 18.1 Å². The third-order valence-electron chi connectivity index (χ3n) is 6.73. The average molecular weight is 384 g/mol. The molecule has 0 saturated carbocycles. The number of hydrogen-bond donors (Lipinski definition) is 1. The Morgan fingerprint density at radius 2 is 2.03 bits per heavy atom. The fourth-order valence-corrected chi connectivity index (χ4v) is 5.05. The van der Waals surface area contributed by atoms with Crippen LogP contribution in [0.2, 0.25) is 0 Å². The van der Waals surface area contributed by atoms with E-state index in [0.29, 0.717) is 11.6 Å². The molecule has 0 fully saturated rings. The van der Waals surface area contributed by atoms with Crippen molar-refractivity contribution in [3.8, 4) is 11.1 Å². The van der Waals surface area contributed by atoms with Crippen LogP contribution in [0.1, 0.15) is 37.3 Å². The molecular weight excluding hydrogens is 360 g/mol. The first-order valence-electron chi connectivity index (χ1n) is 10.0. The molecule has 5 nitrogen and oxygen atoms in total. The van der Waals surface area contributed by atoms with Crippen LogP contribution in [0.3, 0.4) is 0 Å². The third-order valence-corrected chi connectivity index (χ3v) is 6.73. The van der Waals surface area contributed by atoms with Crippen molar-refractivity contribution in [2.24, 2.45) is 16.1 Å². The Balaban J connectivity index is 1.67. The topological polar surface area (TPSA) is 55.2 Å². The van der Waals surface area contributed by atoms with E-state index in [1.807, 2.05) is 31.3 Å². The van der Waals surface area contributed by atoms with Crippen LogP contribution in [-0.2, 0) is 17.0 Å². The molecule has 1 heterocycles. The van der Waals surface area contributed by atoms with Gasteiger partial charge in [-0.05, 0) is 61.4 Å². The van der Waals surface area contributed by atoms with Crippen LogP contribution in [0.4, 0.5) is 5.69 Å². The number of guanidine groups is 1. The first-order chi connectivity index (χ1) is 14.0. The van der Waals surface area contributed by atoms with Gasteiger partial charge in [0.25, 0.3) is 0 Å². The second kappa shape index (κ2) is 6.20. The Hall–Kier alpha value is -3.10. The number of hydrogen-bond acceptors (Lipinski definition) is 4. The van der Waals surface area contributed by atoms with E-state index in [0.717, 1.165) is 42.4 Å². The quantitative estimate of drug-likeness (QED) is 0.561. The molecule has 5 rings (SSSR count). The number of benzene rings is 2. The zero-order chi connectivity index (χ0) is 20.2. The van der Waals surface area contributed by atoms with Gasteiger partial charge in [0.1, 0.15) is 0 Å². The smallest absolute Gasteiger partial charge is 0.221 e. The normalized spacial score (nSPS) is 27.7. The lowest BCUT2D eigenvalue weighted by Crippen LogP contribution is -2.44. The molecule has 1 aliphatic heterocycles. The maximum atomic E-state index is 7.31. The van der Waals surface area contributed by atoms with Gasteiger partial charge in [0, 0.05) is 18.0 Å². The zero-order valence-electron chi connectivity index (χ0n) is 16.8. The molecular formula is C24H24N4O. The first kappa shape index (κ1) is 18.0. The summed E-state index contributed by atoms with van der Waals surface area (Å²) in [5.41, 5.74) is 11.8. The average Bonchev–Trinajstić information content (AvgIpc) is 3.18. The predicted molar refractivity (Wildman–Crippen MR) is 114 cm³/mol. The molecule has 2 spiro atoms. The van der Waals surface area contributed by atoms with E-state index >= 15 is 0 Å². The largest absolute Gasteiger partial charge is 0.368 e. The monoisotopic (exact) mass is 384 g/mol. The van der Waals surface area contributed by atoms with Crippen LogP contribution in [0.5, 0.6) is 0 Å². The highest BCUT2D eigenvalue weighted by Crippen LogP contribution is 2.61. The summed E-state index contributed by atoms with van der Waals surface area (Å²) in [4.78, 5) is 14.9. The van der Waals surface area contributed by atoms with Gasteiger partial charge in [-0.2, -0.15) is 0 Å². The predicted octanol–water partition coefficient (Wildman–Crippen LogP) is 4.92. The van der Waals surface area contributed by atoms with Crippen molar-refractivity contribution in [3.05, 3.63) is 76.7 Å². The molecule has 146 valence electrons. The zero-order valence-corrected chi connectivity index (χ0v) is 16.8. The standard InChI is InChI=1S/C24H24N4O/c1-16-9-11-23(12-10-16)15-19-8-7-18(17-5-4-6-20(13-17)26-2)14-21(19)24(23)27-22(25)28(3)29-24/h4-9,13-14H,10-12,15H2,1,3H3,(H2,25,27). The van der Waals surface area contributed by atoms with Gasteiger partial charge in [-0.3, -0.25) is 0 Å². The molecule has 2 aliphatic carbocycles. The van der Waals surface area contributed by atoms with Crippen LogP contribution in [0, 0.1) is 12.0 Å². The first-order valence-corrected chi connectivity index (χ1v) is 10.0. The summed E-state index contributed by atoms with van der Waals surface area (Å²) >= 11 is 0. The summed E-state index contributed by atoms with van der Waals surface area (Å²) in [6.45, 7) is 9.51. The van der Waals surface area contributed by atoms with Gasteiger partial charge in [-0.15, -0.1) is 0 Å². The Morgan fingerprint density at radius 3 is 2.72 bits per heavy atom. The van der Waals surface area contributed by atoms with E-state index in [1.165, 1.54) is 11.1 Å². The van der Waals surface area contributed by atoms with Crippen LogP contribution >= 0.6 is 0 Å². The fraction of sp³-hybridized carbons (Fsp3) is 0.333. The van der Waals surface area contributed by atoms with Crippen molar-refractivity contribution in [2.75, 3.05) is 7.05 Å². The van der Waals surface area contributed by atoms with Crippen LogP contribution in [0.25, 0.3) is 16.0 Å². The van der Waals surface area contributed by atoms with E-state index in [-0.39, 0.29) is 5.41 Å². The molecule has 29 heavy (non-hydrogen) atoms. The summed E-state index contributed by atoms with van der Waals surface area (Å²) in [5.74, 6) is 0.420. The van der Waals surface area contributed by atoms with E-state index in [9.17, 15) is 0 Å². The molecule has 2 unspecified atom stereocenters. The second-order valence-corrected chi connectivity index (χ2v) is 8.45. The highest BCUT2D eigenvalue weighted by atomic mass is 16.7. The number of fused-ring (bicyclic) bond motifs is 3. The molecule has 0 radical (unpaired) electrons. The summed E-state index contributed by atoms with van der Waals surface area (Å²) in [6, 6.07) is 14.3. The van der Waals surface area contributed by atoms with Crippen molar-refractivity contribution in [3.63, 3.8) is 0 Å². The molecule has 0 amide bonds. The molecule has 0 bridgehead atoms. The minimum Gasteiger partial charge on any atom is -0.368 e. The van der Waals surface area contributed by atoms with Crippen molar-refractivity contribution < 1.29 is 4.84 Å². The van der Waals surface area contributed by atoms with Gasteiger partial charge >= 0.3 is 0 Å². The fourth-order valence-electron chi connectivity index (χ4n) is 5.05. The molecule has 2 aromatic carbocycles. The Labute approximate surface area is 171 Å². The highest BCUT2D eigenvalue weighted by molar-refractivity contribution is 5.79. The minimum absolute atomic E-state index is 0.124. The summed E-state index contributed by atoms with van der Waals surface area (Å²) in [7, 11) is 1.83. The molecule has 5 heteroatoms. The SMILES string of the molecule is [C-]#[N+]c1cccc(-c2ccc3c(c2)C2(N=C(N)N(C)O2)C2(CC=C(C)CC2)C3)c1. The Bertz CT molecular complexity index is 1110. The molecule has 2 aromatic rings. The Kier molecular flexibility index (Phi) is 3.84. The number of rotatable bonds is 1. The minimum atomic E-state index is -0.786. The van der Waals surface area contributed by atoms with E-state index in [1.54, 1.807) is 5.06 Å². The van der Waals surface area contributed by atoms with Crippen molar-refractivity contribution >= 4 is 11.6 Å². The van der Waals surface area contributed by atoms with Gasteiger partial charge < -0.3 is 5.73 Å². The molecule has 3 aliphatic rings. The summed E-state index contributed by atoms with van der Waals surface area (Å²) in [5, 5.41) is 1.61. The molecule has 0 aromatic heterocycles. The summed E-state index contributed by atoms with van der Waals surface area (Å²) < 4.78 is 0. The van der Waals surface area contributed by atoms with Gasteiger partial charge in [0.05, 0.1) is 6.57 Å². The lowest BCUT2D eigenvalue weighted by Gasteiger charge is -2.42. The van der Waals surface area contributed by atoms with Gasteiger partial charge in [0.15, 0.2) is 5.69 Å². The maximum absolute atomic E-state index is 7.31.